The van der Waals surface area contributed by atoms with E-state index in [1.165, 1.54) is 43.6 Å². The van der Waals surface area contributed by atoms with Crippen molar-refractivity contribution < 1.29 is 32.2 Å². The molecule has 3 N–H and O–H groups in total. The third-order valence-electron chi connectivity index (χ3n) is 5.93. The number of hydrogen-bond donors (Lipinski definition) is 3. The first-order valence-electron chi connectivity index (χ1n) is 11.4. The summed E-state index contributed by atoms with van der Waals surface area (Å²) in [6.07, 6.45) is -2.74. The first-order chi connectivity index (χ1) is 17.7. The average molecular weight is 515 g/mol. The van der Waals surface area contributed by atoms with Crippen LogP contribution in [-0.2, 0) is 22.3 Å². The van der Waals surface area contributed by atoms with Crippen LogP contribution in [0.3, 0.4) is 0 Å². The smallest absolute Gasteiger partial charge is 0.418 e. The fraction of sp³-hybridized carbons (Fsp3) is 0.269. The van der Waals surface area contributed by atoms with Gasteiger partial charge in [0.2, 0.25) is 11.8 Å². The summed E-state index contributed by atoms with van der Waals surface area (Å²) in [5.74, 6) is -0.592. The third kappa shape index (κ3) is 6.18. The summed E-state index contributed by atoms with van der Waals surface area (Å²) in [5.41, 5.74) is -0.573. The van der Waals surface area contributed by atoms with Gasteiger partial charge in [0.1, 0.15) is 5.54 Å². The molecule has 0 bridgehead atoms. The van der Waals surface area contributed by atoms with Crippen molar-refractivity contribution in [2.75, 3.05) is 25.6 Å². The molecule has 37 heavy (non-hydrogen) atoms. The number of anilines is 2. The SMILES string of the molecule is COc1cc(C(=O)N[C@@]2(C(=O)NCc3ccc(Nc4ccccc4C(F)(F)F)cc3)CCOC2)ccn1. The maximum Gasteiger partial charge on any atom is 0.418 e. The van der Waals surface area contributed by atoms with E-state index in [2.05, 4.69) is 20.9 Å². The van der Waals surface area contributed by atoms with Gasteiger partial charge in [0.25, 0.3) is 5.91 Å². The molecule has 1 aliphatic rings. The van der Waals surface area contributed by atoms with Crippen LogP contribution in [0.4, 0.5) is 24.5 Å². The molecule has 3 aromatic rings. The van der Waals surface area contributed by atoms with Crippen LogP contribution in [-0.4, -0.2) is 42.7 Å². The minimum Gasteiger partial charge on any atom is -0.481 e. The number of nitrogens with zero attached hydrogens (tertiary/aromatic N) is 1. The quantitative estimate of drug-likeness (QED) is 0.419. The molecule has 194 valence electrons. The Labute approximate surface area is 211 Å². The van der Waals surface area contributed by atoms with Crippen LogP contribution >= 0.6 is 0 Å². The number of pyridine rings is 1. The van der Waals surface area contributed by atoms with Crippen LogP contribution < -0.4 is 20.7 Å². The molecule has 8 nitrogen and oxygen atoms in total. The van der Waals surface area contributed by atoms with Crippen LogP contribution in [0.2, 0.25) is 0 Å². The first kappa shape index (κ1) is 26.0. The van der Waals surface area contributed by atoms with Crippen LogP contribution in [0.15, 0.2) is 66.9 Å². The molecule has 0 aliphatic carbocycles. The summed E-state index contributed by atoms with van der Waals surface area (Å²) in [6.45, 7) is 0.486. The number of rotatable bonds is 8. The van der Waals surface area contributed by atoms with Crippen molar-refractivity contribution in [3.63, 3.8) is 0 Å². The molecule has 1 atom stereocenters. The number of hydrogen-bond acceptors (Lipinski definition) is 6. The van der Waals surface area contributed by atoms with E-state index >= 15 is 0 Å². The van der Waals surface area contributed by atoms with E-state index in [4.69, 9.17) is 9.47 Å². The van der Waals surface area contributed by atoms with Crippen molar-refractivity contribution in [2.24, 2.45) is 0 Å². The largest absolute Gasteiger partial charge is 0.481 e. The van der Waals surface area contributed by atoms with Gasteiger partial charge < -0.3 is 25.4 Å². The Hall–Kier alpha value is -4.12. The van der Waals surface area contributed by atoms with E-state index in [1.807, 2.05) is 0 Å². The van der Waals surface area contributed by atoms with Gasteiger partial charge in [-0.05, 0) is 35.9 Å². The Bertz CT molecular complexity index is 1260. The van der Waals surface area contributed by atoms with Crippen LogP contribution in [0, 0.1) is 0 Å². The lowest BCUT2D eigenvalue weighted by atomic mass is 9.96. The van der Waals surface area contributed by atoms with Crippen LogP contribution in [0.1, 0.15) is 27.9 Å². The minimum atomic E-state index is -4.48. The first-order valence-corrected chi connectivity index (χ1v) is 11.4. The van der Waals surface area contributed by atoms with Crippen LogP contribution in [0.25, 0.3) is 0 Å². The lowest BCUT2D eigenvalue weighted by Gasteiger charge is -2.27. The molecule has 2 aromatic carbocycles. The molecule has 0 spiro atoms. The van der Waals surface area contributed by atoms with Crippen molar-refractivity contribution in [1.82, 2.24) is 15.6 Å². The molecule has 4 rings (SSSR count). The number of benzene rings is 2. The van der Waals surface area contributed by atoms with Gasteiger partial charge in [0.15, 0.2) is 0 Å². The Kier molecular flexibility index (Phi) is 7.63. The van der Waals surface area contributed by atoms with Gasteiger partial charge in [-0.1, -0.05) is 24.3 Å². The second-order valence-electron chi connectivity index (χ2n) is 8.47. The molecule has 2 heterocycles. The molecule has 0 saturated carbocycles. The standard InChI is InChI=1S/C26H25F3N4O4/c1-36-22-14-18(10-12-30-22)23(34)33-25(11-13-37-16-25)24(35)31-15-17-6-8-19(9-7-17)32-21-5-3-2-4-20(21)26(27,28)29/h2-10,12,14,32H,11,13,15-16H2,1H3,(H,31,35)(H,33,34)/t25-/m0/s1. The molecule has 0 unspecified atom stereocenters. The normalized spacial score (nSPS) is 17.2. The van der Waals surface area contributed by atoms with Gasteiger partial charge in [-0.25, -0.2) is 4.98 Å². The molecule has 2 amide bonds. The lowest BCUT2D eigenvalue weighted by molar-refractivity contribution is -0.137. The zero-order chi connectivity index (χ0) is 26.5. The zero-order valence-electron chi connectivity index (χ0n) is 19.9. The Balaban J connectivity index is 1.39. The number of methoxy groups -OCH3 is 1. The predicted octanol–water partition coefficient (Wildman–Crippen LogP) is 4.06. The average Bonchev–Trinajstić information content (AvgIpc) is 3.37. The van der Waals surface area contributed by atoms with Gasteiger partial charge in [-0.15, -0.1) is 0 Å². The van der Waals surface area contributed by atoms with Gasteiger partial charge in [0, 0.05) is 43.1 Å². The van der Waals surface area contributed by atoms with Crippen molar-refractivity contribution in [3.8, 4) is 5.88 Å². The Morgan fingerprint density at radius 2 is 1.86 bits per heavy atom. The number of nitrogens with one attached hydrogen (secondary N) is 3. The fourth-order valence-electron chi connectivity index (χ4n) is 3.90. The van der Waals surface area contributed by atoms with E-state index in [1.54, 1.807) is 24.3 Å². The number of carbonyl (C=O) groups is 2. The molecule has 1 aliphatic heterocycles. The van der Waals surface area contributed by atoms with E-state index in [9.17, 15) is 22.8 Å². The number of amides is 2. The summed E-state index contributed by atoms with van der Waals surface area (Å²) in [7, 11) is 1.44. The third-order valence-corrected chi connectivity index (χ3v) is 5.93. The summed E-state index contributed by atoms with van der Waals surface area (Å²) < 4.78 is 50.2. The van der Waals surface area contributed by atoms with Crippen molar-refractivity contribution in [2.45, 2.75) is 24.7 Å². The summed E-state index contributed by atoms with van der Waals surface area (Å²) >= 11 is 0. The maximum atomic E-state index is 13.2. The molecule has 0 radical (unpaired) electrons. The van der Waals surface area contributed by atoms with Gasteiger partial charge in [-0.2, -0.15) is 13.2 Å². The molecule has 1 fully saturated rings. The maximum absolute atomic E-state index is 13.2. The molecule has 1 aromatic heterocycles. The second-order valence-corrected chi connectivity index (χ2v) is 8.47. The van der Waals surface area contributed by atoms with Crippen LogP contribution in [0.5, 0.6) is 5.88 Å². The highest BCUT2D eigenvalue weighted by Crippen LogP contribution is 2.35. The highest BCUT2D eigenvalue weighted by atomic mass is 19.4. The molecule has 11 heteroatoms. The van der Waals surface area contributed by atoms with E-state index < -0.39 is 29.1 Å². The molecular weight excluding hydrogens is 489 g/mol. The monoisotopic (exact) mass is 514 g/mol. The number of aromatic nitrogens is 1. The van der Waals surface area contributed by atoms with Crippen molar-refractivity contribution >= 4 is 23.2 Å². The molecular formula is C26H25F3N4O4. The van der Waals surface area contributed by atoms with E-state index in [0.29, 0.717) is 24.3 Å². The van der Waals surface area contributed by atoms with Crippen molar-refractivity contribution in [3.05, 3.63) is 83.6 Å². The highest BCUT2D eigenvalue weighted by molar-refractivity contribution is 5.99. The van der Waals surface area contributed by atoms with Gasteiger partial charge >= 0.3 is 6.18 Å². The second kappa shape index (κ2) is 10.9. The zero-order valence-corrected chi connectivity index (χ0v) is 19.9. The van der Waals surface area contributed by atoms with Gasteiger partial charge in [0.05, 0.1) is 25.0 Å². The number of ether oxygens (including phenoxy) is 2. The predicted molar refractivity (Wildman–Crippen MR) is 129 cm³/mol. The Morgan fingerprint density at radius 1 is 1.11 bits per heavy atom. The summed E-state index contributed by atoms with van der Waals surface area (Å²) in [6, 6.07) is 14.9. The summed E-state index contributed by atoms with van der Waals surface area (Å²) in [4.78, 5) is 29.9. The Morgan fingerprint density at radius 3 is 2.54 bits per heavy atom. The number of carbonyl (C=O) groups excluding carboxylic acids is 2. The summed E-state index contributed by atoms with van der Waals surface area (Å²) in [5, 5.41) is 8.39. The fourth-order valence-corrected chi connectivity index (χ4v) is 3.90. The highest BCUT2D eigenvalue weighted by Gasteiger charge is 2.43. The van der Waals surface area contributed by atoms with Gasteiger partial charge in [-0.3, -0.25) is 9.59 Å². The lowest BCUT2D eigenvalue weighted by Crippen LogP contribution is -2.59. The number of halogens is 3. The number of alkyl halides is 3. The van der Waals surface area contributed by atoms with E-state index in [-0.39, 0.29) is 24.7 Å². The van der Waals surface area contributed by atoms with E-state index in [0.717, 1.165) is 11.6 Å². The minimum absolute atomic E-state index is 0.0221. The number of para-hydroxylation sites is 1. The molecule has 1 saturated heterocycles. The van der Waals surface area contributed by atoms with Crippen molar-refractivity contribution in [1.29, 1.82) is 0 Å². The topological polar surface area (TPSA) is 102 Å².